The van der Waals surface area contributed by atoms with Gasteiger partial charge < -0.3 is 29.2 Å². The molecule has 0 unspecified atom stereocenters. The van der Waals surface area contributed by atoms with Gasteiger partial charge in [-0.1, -0.05) is 36.4 Å². The van der Waals surface area contributed by atoms with Gasteiger partial charge in [0.2, 0.25) is 0 Å². The fourth-order valence-electron chi connectivity index (χ4n) is 4.94. The van der Waals surface area contributed by atoms with Gasteiger partial charge >= 0.3 is 0 Å². The molecule has 2 aromatic heterocycles. The number of fused-ring (bicyclic) bond motifs is 2. The minimum absolute atomic E-state index is 0.189. The predicted molar refractivity (Wildman–Crippen MR) is 161 cm³/mol. The maximum Gasteiger partial charge on any atom is 0.141 e. The molecule has 10 nitrogen and oxygen atoms in total. The highest BCUT2D eigenvalue weighted by molar-refractivity contribution is 5.84. The number of ether oxygens (including phenoxy) is 4. The molecule has 4 aromatic rings. The molecule has 5 rings (SSSR count). The first-order valence-corrected chi connectivity index (χ1v) is 14.6. The second-order valence-corrected chi connectivity index (χ2v) is 10.3. The average Bonchev–Trinajstić information content (AvgIpc) is 2.99. The fourth-order valence-corrected chi connectivity index (χ4v) is 4.94. The first-order chi connectivity index (χ1) is 20.7. The van der Waals surface area contributed by atoms with Crippen LogP contribution >= 0.6 is 0 Å². The number of phenolic OH excluding ortho intramolecular Hbond substituents is 2. The Morgan fingerprint density at radius 2 is 0.881 bits per heavy atom. The van der Waals surface area contributed by atoms with Crippen LogP contribution in [0.2, 0.25) is 0 Å². The van der Waals surface area contributed by atoms with Crippen LogP contribution in [0.15, 0.2) is 60.7 Å². The topological polar surface area (TPSA) is 110 Å². The van der Waals surface area contributed by atoms with Gasteiger partial charge in [-0.25, -0.2) is 9.97 Å². The quantitative estimate of drug-likeness (QED) is 0.374. The van der Waals surface area contributed by atoms with Crippen molar-refractivity contribution in [1.82, 2.24) is 19.8 Å². The molecule has 3 heterocycles. The Bertz CT molecular complexity index is 1290. The number of phenols is 2. The van der Waals surface area contributed by atoms with Crippen molar-refractivity contribution in [3.63, 3.8) is 0 Å². The zero-order valence-electron chi connectivity index (χ0n) is 24.0. The Balaban J connectivity index is 1.12. The molecule has 0 atom stereocenters. The number of nitrogens with zero attached hydrogens (tertiary/aromatic N) is 4. The van der Waals surface area contributed by atoms with Crippen LogP contribution < -0.4 is 0 Å². The monoisotopic (exact) mass is 576 g/mol. The highest BCUT2D eigenvalue weighted by atomic mass is 16.5. The van der Waals surface area contributed by atoms with E-state index in [1.54, 1.807) is 12.1 Å². The molecular formula is C32H40N4O6. The predicted octanol–water partition coefficient (Wildman–Crippen LogP) is 3.58. The third-order valence-electron chi connectivity index (χ3n) is 7.24. The highest BCUT2D eigenvalue weighted by Gasteiger charge is 2.12. The SMILES string of the molecule is Oc1cccc2ccc(CN3CCOCCOCCN(Cc4ccc5cccc(O)c5n4)CCOCCOCC3)nc12. The summed E-state index contributed by atoms with van der Waals surface area (Å²) in [6.45, 7) is 8.49. The molecule has 0 saturated carbocycles. The minimum Gasteiger partial charge on any atom is -0.506 e. The van der Waals surface area contributed by atoms with Crippen LogP contribution in [0.5, 0.6) is 11.5 Å². The van der Waals surface area contributed by atoms with Gasteiger partial charge in [-0.15, -0.1) is 0 Å². The molecule has 0 amide bonds. The number of rotatable bonds is 4. The van der Waals surface area contributed by atoms with Crippen LogP contribution in [0, 0.1) is 0 Å². The normalized spacial score (nSPS) is 18.1. The van der Waals surface area contributed by atoms with Crippen molar-refractivity contribution in [1.29, 1.82) is 0 Å². The number of aromatic nitrogens is 2. The van der Waals surface area contributed by atoms with Crippen molar-refractivity contribution in [2.45, 2.75) is 13.1 Å². The highest BCUT2D eigenvalue weighted by Crippen LogP contribution is 2.24. The summed E-state index contributed by atoms with van der Waals surface area (Å²) in [4.78, 5) is 13.9. The van der Waals surface area contributed by atoms with Crippen molar-refractivity contribution in [2.75, 3.05) is 79.0 Å². The molecule has 2 aromatic carbocycles. The van der Waals surface area contributed by atoms with Crippen molar-refractivity contribution in [3.05, 3.63) is 72.1 Å². The van der Waals surface area contributed by atoms with E-state index >= 15 is 0 Å². The largest absolute Gasteiger partial charge is 0.506 e. The molecule has 0 radical (unpaired) electrons. The van der Waals surface area contributed by atoms with Gasteiger partial charge in [0, 0.05) is 50.0 Å². The van der Waals surface area contributed by atoms with Crippen LogP contribution in [0.1, 0.15) is 11.4 Å². The Kier molecular flexibility index (Phi) is 11.3. The minimum atomic E-state index is 0.189. The number of aromatic hydroxyl groups is 2. The van der Waals surface area contributed by atoms with Crippen LogP contribution in [0.3, 0.4) is 0 Å². The fraction of sp³-hybridized carbons (Fsp3) is 0.438. The van der Waals surface area contributed by atoms with Gasteiger partial charge in [-0.05, 0) is 24.3 Å². The van der Waals surface area contributed by atoms with E-state index in [-0.39, 0.29) is 11.5 Å². The molecule has 224 valence electrons. The lowest BCUT2D eigenvalue weighted by Crippen LogP contribution is -2.33. The molecular weight excluding hydrogens is 536 g/mol. The summed E-state index contributed by atoms with van der Waals surface area (Å²) in [6.07, 6.45) is 0. The van der Waals surface area contributed by atoms with Gasteiger partial charge in [0.15, 0.2) is 0 Å². The Morgan fingerprint density at radius 1 is 0.500 bits per heavy atom. The Labute approximate surface area is 246 Å². The standard InChI is InChI=1S/C32H40N4O6/c37-29-5-1-3-25-7-9-27(33-31(25)29)23-35-11-15-39-19-21-41-17-13-36(14-18-42-22-20-40-16-12-35)24-28-10-8-26-4-2-6-30(38)32(26)34-28/h1-10,37-38H,11-24H2. The molecule has 42 heavy (non-hydrogen) atoms. The van der Waals surface area contributed by atoms with Gasteiger partial charge in [0.05, 0.1) is 64.2 Å². The van der Waals surface area contributed by atoms with Crippen LogP contribution in [0.25, 0.3) is 21.8 Å². The van der Waals surface area contributed by atoms with E-state index in [2.05, 4.69) is 19.8 Å². The van der Waals surface area contributed by atoms with Crippen molar-refractivity contribution in [2.24, 2.45) is 0 Å². The lowest BCUT2D eigenvalue weighted by atomic mass is 10.2. The van der Waals surface area contributed by atoms with Crippen molar-refractivity contribution < 1.29 is 29.2 Å². The number of hydrogen-bond acceptors (Lipinski definition) is 10. The number of pyridine rings is 2. The first kappa shape index (κ1) is 30.1. The summed E-state index contributed by atoms with van der Waals surface area (Å²) >= 11 is 0. The summed E-state index contributed by atoms with van der Waals surface area (Å²) < 4.78 is 23.5. The lowest BCUT2D eigenvalue weighted by molar-refractivity contribution is 0.00601. The molecule has 0 aliphatic carbocycles. The summed E-state index contributed by atoms with van der Waals surface area (Å²) in [5.74, 6) is 0.379. The molecule has 1 aliphatic rings. The zero-order valence-corrected chi connectivity index (χ0v) is 24.0. The summed E-state index contributed by atoms with van der Waals surface area (Å²) in [7, 11) is 0. The second-order valence-electron chi connectivity index (χ2n) is 10.3. The van der Waals surface area contributed by atoms with E-state index in [9.17, 15) is 10.2 Å². The van der Waals surface area contributed by atoms with Gasteiger partial charge in [0.1, 0.15) is 22.5 Å². The van der Waals surface area contributed by atoms with Gasteiger partial charge in [0.25, 0.3) is 0 Å². The smallest absolute Gasteiger partial charge is 0.141 e. The number of benzene rings is 2. The van der Waals surface area contributed by atoms with Crippen LogP contribution in [0.4, 0.5) is 0 Å². The van der Waals surface area contributed by atoms with E-state index in [0.29, 0.717) is 77.0 Å². The van der Waals surface area contributed by atoms with E-state index in [0.717, 1.165) is 48.3 Å². The summed E-state index contributed by atoms with van der Waals surface area (Å²) in [5.41, 5.74) is 3.00. The van der Waals surface area contributed by atoms with E-state index in [1.807, 2.05) is 48.5 Å². The first-order valence-electron chi connectivity index (χ1n) is 14.6. The molecule has 10 heteroatoms. The Morgan fingerprint density at radius 3 is 1.26 bits per heavy atom. The average molecular weight is 577 g/mol. The van der Waals surface area contributed by atoms with Crippen LogP contribution in [-0.2, 0) is 32.0 Å². The zero-order chi connectivity index (χ0) is 29.0. The third-order valence-corrected chi connectivity index (χ3v) is 7.24. The second kappa shape index (κ2) is 15.7. The maximum absolute atomic E-state index is 10.2. The van der Waals surface area contributed by atoms with Crippen molar-refractivity contribution >= 4 is 21.8 Å². The molecule has 1 fully saturated rings. The molecule has 1 saturated heterocycles. The third kappa shape index (κ3) is 8.81. The van der Waals surface area contributed by atoms with Gasteiger partial charge in [-0.3, -0.25) is 9.80 Å². The molecule has 1 aliphatic heterocycles. The van der Waals surface area contributed by atoms with E-state index in [1.165, 1.54) is 0 Å². The maximum atomic E-state index is 10.2. The summed E-state index contributed by atoms with van der Waals surface area (Å²) in [6, 6.07) is 18.8. The molecule has 0 bridgehead atoms. The van der Waals surface area contributed by atoms with E-state index < -0.39 is 0 Å². The number of para-hydroxylation sites is 2. The van der Waals surface area contributed by atoms with Crippen molar-refractivity contribution in [3.8, 4) is 11.5 Å². The van der Waals surface area contributed by atoms with Gasteiger partial charge in [-0.2, -0.15) is 0 Å². The van der Waals surface area contributed by atoms with E-state index in [4.69, 9.17) is 18.9 Å². The molecule has 0 spiro atoms. The van der Waals surface area contributed by atoms with Crippen LogP contribution in [-0.4, -0.2) is 109 Å². The lowest BCUT2D eigenvalue weighted by Gasteiger charge is -2.23. The Hall–Kier alpha value is -3.38. The molecule has 2 N–H and O–H groups in total. The number of hydrogen-bond donors (Lipinski definition) is 2. The summed E-state index contributed by atoms with van der Waals surface area (Å²) in [5, 5.41) is 22.3.